The van der Waals surface area contributed by atoms with Gasteiger partial charge in [0, 0.05) is 17.4 Å². The summed E-state index contributed by atoms with van der Waals surface area (Å²) in [5, 5.41) is 9.27. The lowest BCUT2D eigenvalue weighted by Gasteiger charge is -2.31. The van der Waals surface area contributed by atoms with E-state index in [1.54, 1.807) is 0 Å². The number of carbonyl (C=O) groups is 1. The van der Waals surface area contributed by atoms with Crippen LogP contribution in [0.1, 0.15) is 31.0 Å². The molecule has 5 nitrogen and oxygen atoms in total. The molecule has 0 aliphatic carbocycles. The molecule has 1 aliphatic heterocycles. The molecule has 4 unspecified atom stereocenters. The third kappa shape index (κ3) is 3.19. The largest absolute Gasteiger partial charge is 0.481 e. The fourth-order valence-electron chi connectivity index (χ4n) is 3.04. The maximum atomic E-state index is 13.4. The number of hydrogen-bond donors (Lipinski definition) is 1. The van der Waals surface area contributed by atoms with Crippen LogP contribution in [0.2, 0.25) is 0 Å². The van der Waals surface area contributed by atoms with Crippen molar-refractivity contribution < 1.29 is 45.7 Å². The molecule has 0 bridgehead atoms. The average molecular weight is 387 g/mol. The number of carboxylic acid groups (broad SMARTS) is 1. The van der Waals surface area contributed by atoms with Gasteiger partial charge in [0.05, 0.1) is 7.11 Å². The summed E-state index contributed by atoms with van der Waals surface area (Å²) < 4.78 is 88.2. The lowest BCUT2D eigenvalue weighted by atomic mass is 9.77. The SMILES string of the molecule is COc1nc(C(F)(F)F)ccc1C1C(C(=O)O)OC(C)(C(F)(F)F)C1C. The molecule has 1 saturated heterocycles. The van der Waals surface area contributed by atoms with E-state index in [9.17, 15) is 36.2 Å². The monoisotopic (exact) mass is 387 g/mol. The molecule has 1 aromatic rings. The Morgan fingerprint density at radius 1 is 1.27 bits per heavy atom. The number of rotatable bonds is 3. The zero-order valence-electron chi connectivity index (χ0n) is 13.8. The molecule has 1 N–H and O–H groups in total. The Bertz CT molecular complexity index is 704. The van der Waals surface area contributed by atoms with Gasteiger partial charge in [-0.15, -0.1) is 0 Å². The number of pyridine rings is 1. The molecule has 0 amide bonds. The van der Waals surface area contributed by atoms with Gasteiger partial charge in [0.25, 0.3) is 0 Å². The van der Waals surface area contributed by atoms with E-state index in [0.29, 0.717) is 13.0 Å². The van der Waals surface area contributed by atoms with Gasteiger partial charge in [-0.3, -0.25) is 0 Å². The van der Waals surface area contributed by atoms with Crippen LogP contribution in [-0.2, 0) is 15.7 Å². The summed E-state index contributed by atoms with van der Waals surface area (Å²) in [4.78, 5) is 14.7. The molecule has 0 spiro atoms. The second kappa shape index (κ2) is 6.29. The normalized spacial score (nSPS) is 29.7. The minimum absolute atomic E-state index is 0.201. The summed E-state index contributed by atoms with van der Waals surface area (Å²) in [6, 6.07) is 1.43. The molecule has 1 fully saturated rings. The van der Waals surface area contributed by atoms with Crippen LogP contribution in [0.25, 0.3) is 0 Å². The van der Waals surface area contributed by atoms with E-state index in [2.05, 4.69) is 4.98 Å². The van der Waals surface area contributed by atoms with E-state index >= 15 is 0 Å². The lowest BCUT2D eigenvalue weighted by Crippen LogP contribution is -2.47. The number of methoxy groups -OCH3 is 1. The molecule has 2 heterocycles. The Morgan fingerprint density at radius 2 is 1.85 bits per heavy atom. The highest BCUT2D eigenvalue weighted by molar-refractivity contribution is 5.75. The van der Waals surface area contributed by atoms with E-state index in [0.717, 1.165) is 20.1 Å². The van der Waals surface area contributed by atoms with E-state index in [1.165, 1.54) is 0 Å². The first-order chi connectivity index (χ1) is 11.7. The topological polar surface area (TPSA) is 68.7 Å². The summed E-state index contributed by atoms with van der Waals surface area (Å²) in [5.41, 5.74) is -4.31. The van der Waals surface area contributed by atoms with Crippen molar-refractivity contribution in [2.24, 2.45) is 5.92 Å². The van der Waals surface area contributed by atoms with Gasteiger partial charge in [-0.2, -0.15) is 26.3 Å². The van der Waals surface area contributed by atoms with Crippen LogP contribution in [0.5, 0.6) is 5.88 Å². The molecule has 0 aromatic carbocycles. The van der Waals surface area contributed by atoms with Crippen molar-refractivity contribution in [3.63, 3.8) is 0 Å². The summed E-state index contributed by atoms with van der Waals surface area (Å²) in [6.45, 7) is 1.83. The third-order valence-corrected chi connectivity index (χ3v) is 4.64. The van der Waals surface area contributed by atoms with Crippen molar-refractivity contribution in [2.75, 3.05) is 7.11 Å². The van der Waals surface area contributed by atoms with Gasteiger partial charge >= 0.3 is 18.3 Å². The first kappa shape index (κ1) is 20.3. The van der Waals surface area contributed by atoms with Crippen molar-refractivity contribution in [3.8, 4) is 5.88 Å². The Morgan fingerprint density at radius 3 is 2.27 bits per heavy atom. The van der Waals surface area contributed by atoms with Gasteiger partial charge in [-0.05, 0) is 13.0 Å². The number of alkyl halides is 6. The maximum absolute atomic E-state index is 13.4. The summed E-state index contributed by atoms with van der Waals surface area (Å²) in [7, 11) is 0.991. The van der Waals surface area contributed by atoms with E-state index in [4.69, 9.17) is 9.47 Å². The average Bonchev–Trinajstić information content (AvgIpc) is 2.79. The Hall–Kier alpha value is -2.04. The van der Waals surface area contributed by atoms with Crippen LogP contribution in [0.15, 0.2) is 12.1 Å². The van der Waals surface area contributed by atoms with Crippen molar-refractivity contribution >= 4 is 5.97 Å². The van der Waals surface area contributed by atoms with E-state index in [-0.39, 0.29) is 5.56 Å². The molecule has 4 atom stereocenters. The maximum Gasteiger partial charge on any atom is 0.433 e. The van der Waals surface area contributed by atoms with Gasteiger partial charge in [0.2, 0.25) is 5.88 Å². The fourth-order valence-corrected chi connectivity index (χ4v) is 3.04. The Balaban J connectivity index is 2.59. The quantitative estimate of drug-likeness (QED) is 0.803. The minimum atomic E-state index is -4.89. The molecule has 0 saturated carbocycles. The van der Waals surface area contributed by atoms with Crippen LogP contribution in [0.3, 0.4) is 0 Å². The zero-order chi connectivity index (χ0) is 20.1. The molecule has 1 aromatic heterocycles. The summed E-state index contributed by atoms with van der Waals surface area (Å²) in [5.74, 6) is -5.10. The first-order valence-electron chi connectivity index (χ1n) is 7.33. The smallest absolute Gasteiger partial charge is 0.433 e. The number of aliphatic carboxylic acids is 1. The van der Waals surface area contributed by atoms with Crippen LogP contribution < -0.4 is 4.74 Å². The zero-order valence-corrected chi connectivity index (χ0v) is 13.8. The summed E-state index contributed by atoms with van der Waals surface area (Å²) >= 11 is 0. The number of hydrogen-bond acceptors (Lipinski definition) is 4. The highest BCUT2D eigenvalue weighted by atomic mass is 19.4. The summed E-state index contributed by atoms with van der Waals surface area (Å²) in [6.07, 6.45) is -11.6. The molecular weight excluding hydrogens is 372 g/mol. The lowest BCUT2D eigenvalue weighted by molar-refractivity contribution is -0.273. The highest BCUT2D eigenvalue weighted by Crippen LogP contribution is 2.54. The standard InChI is InChI=1S/C15H15F6NO4/c1-6-9(10(12(23)24)26-13(6,2)15(19,20)21)7-4-5-8(14(16,17)18)22-11(7)25-3/h4-6,9-10H,1-3H3,(H,23,24). The van der Waals surface area contributed by atoms with Gasteiger partial charge in [0.15, 0.2) is 11.7 Å². The Labute approximate surface area is 143 Å². The van der Waals surface area contributed by atoms with Gasteiger partial charge in [0.1, 0.15) is 5.69 Å². The first-order valence-corrected chi connectivity index (χ1v) is 7.33. The molecule has 0 radical (unpaired) electrons. The number of aromatic nitrogens is 1. The molecule has 2 rings (SSSR count). The van der Waals surface area contributed by atoms with Crippen molar-refractivity contribution in [2.45, 2.75) is 43.8 Å². The molecular formula is C15H15F6NO4. The molecule has 1 aliphatic rings. The second-order valence-electron chi connectivity index (χ2n) is 6.09. The number of halogens is 6. The van der Waals surface area contributed by atoms with Gasteiger partial charge < -0.3 is 14.6 Å². The Kier molecular flexibility index (Phi) is 4.90. The van der Waals surface area contributed by atoms with E-state index in [1.807, 2.05) is 0 Å². The van der Waals surface area contributed by atoms with Gasteiger partial charge in [-0.1, -0.05) is 13.0 Å². The van der Waals surface area contributed by atoms with Crippen molar-refractivity contribution in [3.05, 3.63) is 23.4 Å². The predicted molar refractivity (Wildman–Crippen MR) is 74.7 cm³/mol. The van der Waals surface area contributed by atoms with Crippen LogP contribution >= 0.6 is 0 Å². The third-order valence-electron chi connectivity index (χ3n) is 4.64. The molecule has 11 heteroatoms. The second-order valence-corrected chi connectivity index (χ2v) is 6.09. The van der Waals surface area contributed by atoms with E-state index < -0.39 is 53.4 Å². The predicted octanol–water partition coefficient (Wildman–Crippen LogP) is 3.63. The number of carboxylic acids is 1. The van der Waals surface area contributed by atoms with Gasteiger partial charge in [-0.25, -0.2) is 9.78 Å². The van der Waals surface area contributed by atoms with Crippen LogP contribution in [-0.4, -0.2) is 41.1 Å². The number of ether oxygens (including phenoxy) is 2. The minimum Gasteiger partial charge on any atom is -0.481 e. The molecule has 146 valence electrons. The van der Waals surface area contributed by atoms with Crippen LogP contribution in [0.4, 0.5) is 26.3 Å². The number of nitrogens with zero attached hydrogens (tertiary/aromatic N) is 1. The molecule has 26 heavy (non-hydrogen) atoms. The van der Waals surface area contributed by atoms with Crippen LogP contribution in [0, 0.1) is 5.92 Å². The fraction of sp³-hybridized carbons (Fsp3) is 0.600. The van der Waals surface area contributed by atoms with Crippen molar-refractivity contribution in [1.29, 1.82) is 0 Å². The van der Waals surface area contributed by atoms with Crippen molar-refractivity contribution in [1.82, 2.24) is 4.98 Å². The highest BCUT2D eigenvalue weighted by Gasteiger charge is 2.66.